The summed E-state index contributed by atoms with van der Waals surface area (Å²) in [6.07, 6.45) is -0.171. The van der Waals surface area contributed by atoms with E-state index < -0.39 is 6.10 Å². The lowest BCUT2D eigenvalue weighted by Crippen LogP contribution is -2.30. The third-order valence-electron chi connectivity index (χ3n) is 2.12. The Hall–Kier alpha value is -0.970. The van der Waals surface area contributed by atoms with Crippen LogP contribution in [-0.2, 0) is 6.42 Å². The summed E-state index contributed by atoms with van der Waals surface area (Å²) in [5, 5.41) is 20.5. The molecule has 0 aliphatic heterocycles. The molecule has 1 unspecified atom stereocenters. The van der Waals surface area contributed by atoms with Crippen LogP contribution in [-0.4, -0.2) is 36.0 Å². The Bertz CT molecular complexity index is 294. The van der Waals surface area contributed by atoms with Gasteiger partial charge < -0.3 is 15.5 Å². The van der Waals surface area contributed by atoms with E-state index in [4.69, 9.17) is 10.2 Å². The lowest BCUT2D eigenvalue weighted by atomic mass is 10.1. The molecule has 3 N–H and O–H groups in total. The van der Waals surface area contributed by atoms with E-state index in [9.17, 15) is 4.39 Å². The number of benzene rings is 1. The molecule has 0 aromatic heterocycles. The van der Waals surface area contributed by atoms with Crippen molar-refractivity contribution >= 4 is 0 Å². The molecule has 0 saturated heterocycles. The zero-order valence-corrected chi connectivity index (χ0v) is 8.49. The minimum Gasteiger partial charge on any atom is -0.394 e. The zero-order chi connectivity index (χ0) is 11.1. The molecule has 0 aliphatic rings. The first-order valence-electron chi connectivity index (χ1n) is 4.97. The predicted molar refractivity (Wildman–Crippen MR) is 56.1 cm³/mol. The first-order chi connectivity index (χ1) is 7.24. The van der Waals surface area contributed by atoms with Gasteiger partial charge in [0.15, 0.2) is 0 Å². The van der Waals surface area contributed by atoms with Gasteiger partial charge in [0.2, 0.25) is 0 Å². The molecule has 0 amide bonds. The zero-order valence-electron chi connectivity index (χ0n) is 8.49. The van der Waals surface area contributed by atoms with Crippen molar-refractivity contribution in [2.75, 3.05) is 19.7 Å². The van der Waals surface area contributed by atoms with Gasteiger partial charge in [0, 0.05) is 6.54 Å². The molecule has 1 aromatic rings. The molecule has 15 heavy (non-hydrogen) atoms. The van der Waals surface area contributed by atoms with Crippen molar-refractivity contribution in [1.29, 1.82) is 0 Å². The Morgan fingerprint density at radius 3 is 2.73 bits per heavy atom. The standard InChI is InChI=1S/C11H16FNO2/c12-11-4-2-1-3-9(11)5-6-13-7-10(15)8-14/h1-4,10,13-15H,5-8H2. The molecule has 0 spiro atoms. The van der Waals surface area contributed by atoms with Crippen molar-refractivity contribution in [3.8, 4) is 0 Å². The van der Waals surface area contributed by atoms with Crippen LogP contribution in [0.15, 0.2) is 24.3 Å². The lowest BCUT2D eigenvalue weighted by Gasteiger charge is -2.08. The van der Waals surface area contributed by atoms with Crippen LogP contribution in [0.3, 0.4) is 0 Å². The average molecular weight is 213 g/mol. The van der Waals surface area contributed by atoms with Gasteiger partial charge in [-0.1, -0.05) is 18.2 Å². The van der Waals surface area contributed by atoms with Crippen molar-refractivity contribution in [3.05, 3.63) is 35.6 Å². The average Bonchev–Trinajstić information content (AvgIpc) is 2.26. The van der Waals surface area contributed by atoms with Crippen LogP contribution in [0.2, 0.25) is 0 Å². The Kier molecular flexibility index (Phi) is 5.25. The maximum Gasteiger partial charge on any atom is 0.126 e. The van der Waals surface area contributed by atoms with E-state index in [2.05, 4.69) is 5.32 Å². The number of rotatable bonds is 6. The highest BCUT2D eigenvalue weighted by Crippen LogP contribution is 2.05. The van der Waals surface area contributed by atoms with Gasteiger partial charge in [-0.05, 0) is 24.6 Å². The summed E-state index contributed by atoms with van der Waals surface area (Å²) in [5.41, 5.74) is 0.656. The molecule has 0 radical (unpaired) electrons. The highest BCUT2D eigenvalue weighted by atomic mass is 19.1. The van der Waals surface area contributed by atoms with Crippen molar-refractivity contribution in [2.45, 2.75) is 12.5 Å². The van der Waals surface area contributed by atoms with Gasteiger partial charge in [0.05, 0.1) is 12.7 Å². The molecule has 1 atom stereocenters. The van der Waals surface area contributed by atoms with Gasteiger partial charge in [-0.25, -0.2) is 4.39 Å². The summed E-state index contributed by atoms with van der Waals surface area (Å²) in [4.78, 5) is 0. The molecule has 4 heteroatoms. The number of halogens is 1. The normalized spacial score (nSPS) is 12.7. The fourth-order valence-corrected chi connectivity index (χ4v) is 1.26. The number of aliphatic hydroxyl groups is 2. The summed E-state index contributed by atoms with van der Waals surface area (Å²) >= 11 is 0. The Morgan fingerprint density at radius 1 is 1.33 bits per heavy atom. The van der Waals surface area contributed by atoms with E-state index >= 15 is 0 Å². The van der Waals surface area contributed by atoms with Gasteiger partial charge in [0.25, 0.3) is 0 Å². The molecule has 0 bridgehead atoms. The van der Waals surface area contributed by atoms with E-state index in [0.29, 0.717) is 25.1 Å². The van der Waals surface area contributed by atoms with Crippen LogP contribution in [0.5, 0.6) is 0 Å². The summed E-state index contributed by atoms with van der Waals surface area (Å²) in [7, 11) is 0. The van der Waals surface area contributed by atoms with Crippen molar-refractivity contribution in [3.63, 3.8) is 0 Å². The molecule has 1 rings (SSSR count). The second-order valence-corrected chi connectivity index (χ2v) is 3.38. The fourth-order valence-electron chi connectivity index (χ4n) is 1.26. The molecular weight excluding hydrogens is 197 g/mol. The van der Waals surface area contributed by atoms with Gasteiger partial charge in [-0.15, -0.1) is 0 Å². The maximum atomic E-state index is 13.1. The van der Waals surface area contributed by atoms with E-state index in [1.165, 1.54) is 6.07 Å². The third kappa shape index (κ3) is 4.38. The van der Waals surface area contributed by atoms with E-state index in [1.807, 2.05) is 0 Å². The largest absolute Gasteiger partial charge is 0.394 e. The van der Waals surface area contributed by atoms with E-state index in [0.717, 1.165) is 0 Å². The van der Waals surface area contributed by atoms with E-state index in [1.54, 1.807) is 18.2 Å². The number of nitrogens with one attached hydrogen (secondary N) is 1. The summed E-state index contributed by atoms with van der Waals surface area (Å²) in [6.45, 7) is 0.648. The number of aliphatic hydroxyl groups excluding tert-OH is 2. The highest BCUT2D eigenvalue weighted by Gasteiger charge is 2.02. The number of hydrogen-bond donors (Lipinski definition) is 3. The van der Waals surface area contributed by atoms with Gasteiger partial charge >= 0.3 is 0 Å². The fraction of sp³-hybridized carbons (Fsp3) is 0.455. The first-order valence-corrected chi connectivity index (χ1v) is 4.97. The van der Waals surface area contributed by atoms with Crippen LogP contribution in [0.25, 0.3) is 0 Å². The maximum absolute atomic E-state index is 13.1. The number of hydrogen-bond acceptors (Lipinski definition) is 3. The minimum absolute atomic E-state index is 0.206. The SMILES string of the molecule is OCC(O)CNCCc1ccccc1F. The second-order valence-electron chi connectivity index (χ2n) is 3.38. The predicted octanol–water partition coefficient (Wildman–Crippen LogP) is 0.311. The highest BCUT2D eigenvalue weighted by molar-refractivity contribution is 5.17. The van der Waals surface area contributed by atoms with Crippen LogP contribution in [0, 0.1) is 5.82 Å². The minimum atomic E-state index is -0.745. The third-order valence-corrected chi connectivity index (χ3v) is 2.12. The summed E-state index contributed by atoms with van der Waals surface area (Å²) < 4.78 is 13.1. The second kappa shape index (κ2) is 6.50. The van der Waals surface area contributed by atoms with Crippen LogP contribution < -0.4 is 5.32 Å². The van der Waals surface area contributed by atoms with Crippen LogP contribution >= 0.6 is 0 Å². The van der Waals surface area contributed by atoms with E-state index in [-0.39, 0.29) is 12.4 Å². The molecule has 3 nitrogen and oxygen atoms in total. The topological polar surface area (TPSA) is 52.5 Å². The molecule has 0 saturated carbocycles. The quantitative estimate of drug-likeness (QED) is 0.596. The first kappa shape index (κ1) is 12.1. The Balaban J connectivity index is 2.23. The van der Waals surface area contributed by atoms with Crippen molar-refractivity contribution in [2.24, 2.45) is 0 Å². The van der Waals surface area contributed by atoms with Gasteiger partial charge in [-0.2, -0.15) is 0 Å². The van der Waals surface area contributed by atoms with Gasteiger partial charge in [-0.3, -0.25) is 0 Å². The molecule has 0 aliphatic carbocycles. The lowest BCUT2D eigenvalue weighted by molar-refractivity contribution is 0.0947. The Morgan fingerprint density at radius 2 is 2.07 bits per heavy atom. The summed E-state index contributed by atoms with van der Waals surface area (Å²) in [5.74, 6) is -0.206. The molecule has 0 fully saturated rings. The van der Waals surface area contributed by atoms with Crippen LogP contribution in [0.4, 0.5) is 4.39 Å². The monoisotopic (exact) mass is 213 g/mol. The molecule has 84 valence electrons. The molecule has 1 aromatic carbocycles. The van der Waals surface area contributed by atoms with Crippen molar-refractivity contribution in [1.82, 2.24) is 5.32 Å². The molecular formula is C11H16FNO2. The van der Waals surface area contributed by atoms with Gasteiger partial charge in [0.1, 0.15) is 5.82 Å². The van der Waals surface area contributed by atoms with Crippen LogP contribution in [0.1, 0.15) is 5.56 Å². The molecule has 0 heterocycles. The Labute approximate surface area is 88.6 Å². The van der Waals surface area contributed by atoms with Crippen molar-refractivity contribution < 1.29 is 14.6 Å². The summed E-state index contributed by atoms with van der Waals surface area (Å²) in [6, 6.07) is 6.61. The smallest absolute Gasteiger partial charge is 0.126 e.